The molecule has 0 fully saturated rings. The molecule has 0 atom stereocenters. The first-order chi connectivity index (χ1) is 16.0. The summed E-state index contributed by atoms with van der Waals surface area (Å²) in [4.78, 5) is 28.9. The third-order valence-corrected chi connectivity index (χ3v) is 6.02. The molecule has 1 aliphatic rings. The molecule has 1 amide bonds. The summed E-state index contributed by atoms with van der Waals surface area (Å²) in [5.74, 6) is -0.584. The van der Waals surface area contributed by atoms with Gasteiger partial charge in [0.15, 0.2) is 0 Å². The molecule has 0 aromatic heterocycles. The Morgan fingerprint density at radius 1 is 1.09 bits per heavy atom. The van der Waals surface area contributed by atoms with Crippen LogP contribution in [-0.2, 0) is 9.47 Å². The SMILES string of the molecule is CCOC(=O)N(CCCCN1CC=C(c2ccccc2)CC1)c1cccc(Cl)c1C(=O)OC. The quantitative estimate of drug-likeness (QED) is 0.349. The summed E-state index contributed by atoms with van der Waals surface area (Å²) in [6.45, 7) is 5.29. The Morgan fingerprint density at radius 2 is 1.88 bits per heavy atom. The number of anilines is 1. The summed E-state index contributed by atoms with van der Waals surface area (Å²) in [6, 6.07) is 15.5. The number of carbonyl (C=O) groups excluding carboxylic acids is 2. The van der Waals surface area contributed by atoms with E-state index in [0.717, 1.165) is 38.9 Å². The fourth-order valence-electron chi connectivity index (χ4n) is 3.99. The van der Waals surface area contributed by atoms with E-state index in [-0.39, 0.29) is 17.2 Å². The van der Waals surface area contributed by atoms with Gasteiger partial charge in [0.1, 0.15) is 5.56 Å². The van der Waals surface area contributed by atoms with Crippen molar-refractivity contribution in [2.24, 2.45) is 0 Å². The maximum absolute atomic E-state index is 12.7. The molecule has 0 saturated carbocycles. The second kappa shape index (κ2) is 12.4. The van der Waals surface area contributed by atoms with Crippen LogP contribution >= 0.6 is 11.6 Å². The Morgan fingerprint density at radius 3 is 2.55 bits per heavy atom. The van der Waals surface area contributed by atoms with Gasteiger partial charge in [-0.3, -0.25) is 9.80 Å². The molecule has 2 aromatic carbocycles. The summed E-state index contributed by atoms with van der Waals surface area (Å²) < 4.78 is 10.1. The first-order valence-electron chi connectivity index (χ1n) is 11.3. The number of unbranched alkanes of at least 4 members (excludes halogenated alkanes) is 1. The third-order valence-electron chi connectivity index (χ3n) is 5.70. The van der Waals surface area contributed by atoms with Crippen molar-refractivity contribution in [2.45, 2.75) is 26.2 Å². The van der Waals surface area contributed by atoms with Gasteiger partial charge in [-0.25, -0.2) is 9.59 Å². The number of ether oxygens (including phenoxy) is 2. The molecule has 0 bridgehead atoms. The molecule has 3 rings (SSSR count). The number of halogens is 1. The molecule has 0 unspecified atom stereocenters. The lowest BCUT2D eigenvalue weighted by atomic mass is 9.99. The Balaban J connectivity index is 1.60. The maximum atomic E-state index is 12.7. The number of hydrogen-bond donors (Lipinski definition) is 0. The predicted molar refractivity (Wildman–Crippen MR) is 132 cm³/mol. The van der Waals surface area contributed by atoms with Gasteiger partial charge >= 0.3 is 12.1 Å². The van der Waals surface area contributed by atoms with Crippen LogP contribution in [0.2, 0.25) is 5.02 Å². The average Bonchev–Trinajstić information content (AvgIpc) is 2.84. The zero-order valence-corrected chi connectivity index (χ0v) is 20.0. The van der Waals surface area contributed by atoms with Gasteiger partial charge in [0.2, 0.25) is 0 Å². The van der Waals surface area contributed by atoms with Gasteiger partial charge in [-0.15, -0.1) is 0 Å². The molecule has 6 nitrogen and oxygen atoms in total. The van der Waals surface area contributed by atoms with Crippen molar-refractivity contribution in [1.29, 1.82) is 0 Å². The second-order valence-electron chi connectivity index (χ2n) is 7.83. The number of esters is 1. The summed E-state index contributed by atoms with van der Waals surface area (Å²) in [5, 5.41) is 0.239. The minimum Gasteiger partial charge on any atom is -0.465 e. The Kier molecular flexibility index (Phi) is 9.34. The van der Waals surface area contributed by atoms with Crippen LogP contribution in [0.5, 0.6) is 0 Å². The molecule has 0 N–H and O–H groups in total. The van der Waals surface area contributed by atoms with E-state index >= 15 is 0 Å². The van der Waals surface area contributed by atoms with Crippen molar-refractivity contribution in [3.63, 3.8) is 0 Å². The van der Waals surface area contributed by atoms with Crippen LogP contribution in [0.3, 0.4) is 0 Å². The van der Waals surface area contributed by atoms with Gasteiger partial charge in [-0.05, 0) is 56.0 Å². The number of methoxy groups -OCH3 is 1. The minimum atomic E-state index is -0.584. The highest BCUT2D eigenvalue weighted by molar-refractivity contribution is 6.34. The van der Waals surface area contributed by atoms with Crippen LogP contribution in [0.25, 0.3) is 5.57 Å². The van der Waals surface area contributed by atoms with Crippen LogP contribution in [-0.4, -0.2) is 56.9 Å². The summed E-state index contributed by atoms with van der Waals surface area (Å²) in [7, 11) is 1.29. The first kappa shape index (κ1) is 24.8. The van der Waals surface area contributed by atoms with Crippen LogP contribution in [0, 0.1) is 0 Å². The van der Waals surface area contributed by atoms with E-state index in [1.165, 1.54) is 23.1 Å². The number of benzene rings is 2. The number of nitrogens with zero attached hydrogens (tertiary/aromatic N) is 2. The molecule has 176 valence electrons. The van der Waals surface area contributed by atoms with Crippen LogP contribution in [0.4, 0.5) is 10.5 Å². The van der Waals surface area contributed by atoms with E-state index in [0.29, 0.717) is 12.2 Å². The molecule has 1 heterocycles. The van der Waals surface area contributed by atoms with Gasteiger partial charge in [0, 0.05) is 19.6 Å². The van der Waals surface area contributed by atoms with Crippen molar-refractivity contribution in [1.82, 2.24) is 4.90 Å². The normalized spacial score (nSPS) is 13.8. The molecule has 0 spiro atoms. The molecular weight excluding hydrogens is 440 g/mol. The van der Waals surface area contributed by atoms with E-state index in [1.807, 2.05) is 6.07 Å². The standard InChI is InChI=1S/C26H31ClN2O4/c1-3-33-26(31)29(23-13-9-12-22(27)24(23)25(30)32-2)17-8-7-16-28-18-14-21(15-19-28)20-10-5-4-6-11-20/h4-6,9-14H,3,7-8,15-19H2,1-2H3. The average molecular weight is 471 g/mol. The smallest absolute Gasteiger partial charge is 0.414 e. The number of carbonyl (C=O) groups is 2. The van der Waals surface area contributed by atoms with Gasteiger partial charge in [0.25, 0.3) is 0 Å². The molecule has 2 aromatic rings. The highest BCUT2D eigenvalue weighted by Crippen LogP contribution is 2.29. The van der Waals surface area contributed by atoms with Crippen LogP contribution in [0.15, 0.2) is 54.6 Å². The van der Waals surface area contributed by atoms with Gasteiger partial charge in [-0.1, -0.05) is 54.1 Å². The zero-order valence-electron chi connectivity index (χ0n) is 19.3. The molecular formula is C26H31ClN2O4. The summed E-state index contributed by atoms with van der Waals surface area (Å²) in [5.41, 5.74) is 3.27. The summed E-state index contributed by atoms with van der Waals surface area (Å²) in [6.07, 6.45) is 4.51. The molecule has 0 saturated heterocycles. The lowest BCUT2D eigenvalue weighted by molar-refractivity contribution is 0.0601. The second-order valence-corrected chi connectivity index (χ2v) is 8.24. The van der Waals surface area contributed by atoms with Crippen molar-refractivity contribution in [3.05, 3.63) is 70.8 Å². The van der Waals surface area contributed by atoms with E-state index in [4.69, 9.17) is 21.1 Å². The van der Waals surface area contributed by atoms with Gasteiger partial charge in [0.05, 0.1) is 24.4 Å². The molecule has 33 heavy (non-hydrogen) atoms. The zero-order chi connectivity index (χ0) is 23.6. The van der Waals surface area contributed by atoms with E-state index in [1.54, 1.807) is 25.1 Å². The van der Waals surface area contributed by atoms with E-state index < -0.39 is 12.1 Å². The first-order valence-corrected chi connectivity index (χ1v) is 11.7. The highest BCUT2D eigenvalue weighted by atomic mass is 35.5. The van der Waals surface area contributed by atoms with Crippen molar-refractivity contribution in [2.75, 3.05) is 44.8 Å². The maximum Gasteiger partial charge on any atom is 0.414 e. The van der Waals surface area contributed by atoms with Crippen molar-refractivity contribution < 1.29 is 19.1 Å². The predicted octanol–water partition coefficient (Wildman–Crippen LogP) is 5.66. The fraction of sp³-hybridized carbons (Fsp3) is 0.385. The number of amides is 1. The number of rotatable bonds is 9. The van der Waals surface area contributed by atoms with E-state index in [2.05, 4.69) is 35.2 Å². The molecule has 1 aliphatic heterocycles. The Bertz CT molecular complexity index is 978. The van der Waals surface area contributed by atoms with Crippen molar-refractivity contribution in [3.8, 4) is 0 Å². The Hall–Kier alpha value is -2.83. The van der Waals surface area contributed by atoms with Crippen molar-refractivity contribution >= 4 is 34.9 Å². The van der Waals surface area contributed by atoms with Crippen LogP contribution in [0.1, 0.15) is 42.1 Å². The van der Waals surface area contributed by atoms with Gasteiger partial charge in [-0.2, -0.15) is 0 Å². The Labute approximate surface area is 200 Å². The van der Waals surface area contributed by atoms with Gasteiger partial charge < -0.3 is 9.47 Å². The summed E-state index contributed by atoms with van der Waals surface area (Å²) >= 11 is 6.26. The third kappa shape index (κ3) is 6.59. The topological polar surface area (TPSA) is 59.1 Å². The molecule has 7 heteroatoms. The number of hydrogen-bond acceptors (Lipinski definition) is 5. The molecule has 0 radical (unpaired) electrons. The highest BCUT2D eigenvalue weighted by Gasteiger charge is 2.25. The lowest BCUT2D eigenvalue weighted by Gasteiger charge is -2.27. The van der Waals surface area contributed by atoms with Crippen LogP contribution < -0.4 is 4.90 Å². The van der Waals surface area contributed by atoms with E-state index in [9.17, 15) is 9.59 Å². The molecule has 0 aliphatic carbocycles. The lowest BCUT2D eigenvalue weighted by Crippen LogP contribution is -2.35. The minimum absolute atomic E-state index is 0.171. The monoisotopic (exact) mass is 470 g/mol. The largest absolute Gasteiger partial charge is 0.465 e. The fourth-order valence-corrected chi connectivity index (χ4v) is 4.23.